The number of amides is 1. The summed E-state index contributed by atoms with van der Waals surface area (Å²) in [5.41, 5.74) is 6.59. The highest BCUT2D eigenvalue weighted by molar-refractivity contribution is 5.95. The van der Waals surface area contributed by atoms with Gasteiger partial charge in [0.1, 0.15) is 5.75 Å². The lowest BCUT2D eigenvalue weighted by molar-refractivity contribution is 0.0947. The highest BCUT2D eigenvalue weighted by atomic mass is 16.5. The molecule has 2 N–H and O–H groups in total. The maximum Gasteiger partial charge on any atom is 0.251 e. The van der Waals surface area contributed by atoms with Crippen LogP contribution in [0.3, 0.4) is 0 Å². The summed E-state index contributed by atoms with van der Waals surface area (Å²) < 4.78 is 16.2. The number of benzene rings is 3. The van der Waals surface area contributed by atoms with Crippen LogP contribution in [0.2, 0.25) is 0 Å². The molecule has 0 radical (unpaired) electrons. The van der Waals surface area contributed by atoms with E-state index in [1.165, 1.54) is 11.1 Å². The molecule has 5 rings (SSSR count). The van der Waals surface area contributed by atoms with Crippen LogP contribution in [0.25, 0.3) is 11.3 Å². The van der Waals surface area contributed by atoms with Crippen molar-refractivity contribution < 1.29 is 19.0 Å². The normalized spacial score (nSPS) is 12.8. The first-order valence-corrected chi connectivity index (χ1v) is 13.6. The van der Waals surface area contributed by atoms with Gasteiger partial charge in [0, 0.05) is 49.2 Å². The lowest BCUT2D eigenvalue weighted by atomic mass is 9.99. The van der Waals surface area contributed by atoms with Gasteiger partial charge in [0.15, 0.2) is 11.5 Å². The summed E-state index contributed by atoms with van der Waals surface area (Å²) in [6, 6.07) is 19.3. The van der Waals surface area contributed by atoms with Crippen molar-refractivity contribution >= 4 is 17.5 Å². The van der Waals surface area contributed by atoms with Gasteiger partial charge < -0.3 is 24.8 Å². The predicted molar refractivity (Wildman–Crippen MR) is 159 cm³/mol. The van der Waals surface area contributed by atoms with E-state index >= 15 is 0 Å². The molecule has 0 spiro atoms. The van der Waals surface area contributed by atoms with Gasteiger partial charge in [-0.25, -0.2) is 9.97 Å². The Hall–Kier alpha value is -4.63. The number of hydrogen-bond acceptors (Lipinski definition) is 8. The monoisotopic (exact) mass is 553 g/mol. The van der Waals surface area contributed by atoms with Crippen LogP contribution in [0.4, 0.5) is 11.6 Å². The summed E-state index contributed by atoms with van der Waals surface area (Å²) in [5, 5.41) is 6.35. The number of carbonyl (C=O) groups is 1. The number of anilines is 2. The van der Waals surface area contributed by atoms with Gasteiger partial charge in [0.25, 0.3) is 5.91 Å². The standard InChI is InChI=1S/C32H35N5O4/c1-21-5-6-24(17-28(21)36-32-34-13-11-27(35-32)22-7-9-26(39-2)10-8-22)31(38)33-14-16-37-15-12-23-18-29(40-3)30(41-4)19-25(23)20-37/h5-11,13,17-19H,12,14-16,20H2,1-4H3,(H,33,38)(H,34,35,36). The summed E-state index contributed by atoms with van der Waals surface area (Å²) in [4.78, 5) is 24.4. The van der Waals surface area contributed by atoms with E-state index in [0.29, 0.717) is 18.1 Å². The molecule has 9 nitrogen and oxygen atoms in total. The van der Waals surface area contributed by atoms with Crippen molar-refractivity contribution in [3.63, 3.8) is 0 Å². The molecule has 0 atom stereocenters. The Bertz CT molecular complexity index is 1520. The first-order valence-electron chi connectivity index (χ1n) is 13.6. The maximum absolute atomic E-state index is 13.0. The molecule has 9 heteroatoms. The van der Waals surface area contributed by atoms with Crippen molar-refractivity contribution in [2.45, 2.75) is 19.9 Å². The molecule has 4 aromatic rings. The zero-order valence-corrected chi connectivity index (χ0v) is 23.9. The lowest BCUT2D eigenvalue weighted by Crippen LogP contribution is -2.37. The molecule has 0 saturated heterocycles. The Morgan fingerprint density at radius 2 is 1.68 bits per heavy atom. The van der Waals surface area contributed by atoms with Gasteiger partial charge in [-0.2, -0.15) is 0 Å². The Kier molecular flexibility index (Phi) is 8.64. The molecule has 0 saturated carbocycles. The summed E-state index contributed by atoms with van der Waals surface area (Å²) >= 11 is 0. The number of nitrogens with zero attached hydrogens (tertiary/aromatic N) is 3. The van der Waals surface area contributed by atoms with Crippen molar-refractivity contribution in [3.8, 4) is 28.5 Å². The minimum atomic E-state index is -0.121. The van der Waals surface area contributed by atoms with Gasteiger partial charge >= 0.3 is 0 Å². The van der Waals surface area contributed by atoms with E-state index in [1.54, 1.807) is 27.5 Å². The Morgan fingerprint density at radius 1 is 0.927 bits per heavy atom. The van der Waals surface area contributed by atoms with Gasteiger partial charge in [0.2, 0.25) is 5.95 Å². The fraction of sp³-hybridized carbons (Fsp3) is 0.281. The quantitative estimate of drug-likeness (QED) is 0.283. The first kappa shape index (κ1) is 27.9. The number of ether oxygens (including phenoxy) is 3. The van der Waals surface area contributed by atoms with Gasteiger partial charge in [-0.1, -0.05) is 6.07 Å². The number of nitrogens with one attached hydrogen (secondary N) is 2. The van der Waals surface area contributed by atoms with Crippen molar-refractivity contribution in [3.05, 3.63) is 89.1 Å². The summed E-state index contributed by atoms with van der Waals surface area (Å²) in [6.45, 7) is 5.01. The van der Waals surface area contributed by atoms with Crippen LogP contribution < -0.4 is 24.8 Å². The van der Waals surface area contributed by atoms with Crippen molar-refractivity contribution in [2.24, 2.45) is 0 Å². The molecule has 0 aliphatic carbocycles. The third-order valence-corrected chi connectivity index (χ3v) is 7.30. The second kappa shape index (κ2) is 12.7. The van der Waals surface area contributed by atoms with Crippen LogP contribution >= 0.6 is 0 Å². The van der Waals surface area contributed by atoms with Crippen LogP contribution in [-0.4, -0.2) is 61.7 Å². The minimum Gasteiger partial charge on any atom is -0.497 e. The van der Waals surface area contributed by atoms with Crippen LogP contribution in [0, 0.1) is 6.92 Å². The molecule has 1 amide bonds. The number of aromatic nitrogens is 2. The average Bonchev–Trinajstić information content (AvgIpc) is 3.01. The predicted octanol–water partition coefficient (Wildman–Crippen LogP) is 5.01. The molecule has 1 aromatic heterocycles. The third kappa shape index (κ3) is 6.58. The molecule has 0 fully saturated rings. The second-order valence-corrected chi connectivity index (χ2v) is 9.91. The highest BCUT2D eigenvalue weighted by Gasteiger charge is 2.19. The lowest BCUT2D eigenvalue weighted by Gasteiger charge is -2.29. The van der Waals surface area contributed by atoms with Crippen LogP contribution in [-0.2, 0) is 13.0 Å². The Labute approximate surface area is 240 Å². The SMILES string of the molecule is COc1ccc(-c2ccnc(Nc3cc(C(=O)NCCN4CCc5cc(OC)c(OC)cc5C4)ccc3C)n2)cc1. The van der Waals surface area contributed by atoms with Crippen molar-refractivity contribution in [2.75, 3.05) is 46.3 Å². The molecule has 41 heavy (non-hydrogen) atoms. The Morgan fingerprint density at radius 3 is 2.41 bits per heavy atom. The molecular formula is C32H35N5O4. The van der Waals surface area contributed by atoms with Crippen LogP contribution in [0.1, 0.15) is 27.0 Å². The largest absolute Gasteiger partial charge is 0.497 e. The second-order valence-electron chi connectivity index (χ2n) is 9.91. The third-order valence-electron chi connectivity index (χ3n) is 7.30. The molecule has 0 bridgehead atoms. The smallest absolute Gasteiger partial charge is 0.251 e. The summed E-state index contributed by atoms with van der Waals surface area (Å²) in [7, 11) is 4.95. The molecule has 0 unspecified atom stereocenters. The van der Waals surface area contributed by atoms with Crippen LogP contribution in [0.15, 0.2) is 66.9 Å². The van der Waals surface area contributed by atoms with E-state index in [4.69, 9.17) is 14.2 Å². The van der Waals surface area contributed by atoms with Crippen LogP contribution in [0.5, 0.6) is 17.2 Å². The minimum absolute atomic E-state index is 0.121. The number of aryl methyl sites for hydroxylation is 1. The number of methoxy groups -OCH3 is 3. The van der Waals surface area contributed by atoms with Gasteiger partial charge in [-0.05, 0) is 84.6 Å². The van der Waals surface area contributed by atoms with Crippen molar-refractivity contribution in [1.82, 2.24) is 20.2 Å². The molecule has 3 aromatic carbocycles. The van der Waals surface area contributed by atoms with Gasteiger partial charge in [-0.3, -0.25) is 9.69 Å². The fourth-order valence-electron chi connectivity index (χ4n) is 4.92. The molecule has 2 heterocycles. The van der Waals surface area contributed by atoms with E-state index in [2.05, 4.69) is 37.6 Å². The first-order chi connectivity index (χ1) is 20.0. The fourth-order valence-corrected chi connectivity index (χ4v) is 4.92. The molecular weight excluding hydrogens is 518 g/mol. The average molecular weight is 554 g/mol. The van der Waals surface area contributed by atoms with E-state index in [1.807, 2.05) is 55.5 Å². The Balaban J connectivity index is 1.19. The van der Waals surface area contributed by atoms with Crippen molar-refractivity contribution in [1.29, 1.82) is 0 Å². The summed E-state index contributed by atoms with van der Waals surface area (Å²) in [5.74, 6) is 2.62. The van der Waals surface area contributed by atoms with E-state index < -0.39 is 0 Å². The highest BCUT2D eigenvalue weighted by Crippen LogP contribution is 2.33. The van der Waals surface area contributed by atoms with Gasteiger partial charge in [0.05, 0.1) is 27.0 Å². The number of carbonyl (C=O) groups excluding carboxylic acids is 1. The van der Waals surface area contributed by atoms with E-state index in [9.17, 15) is 4.79 Å². The topological polar surface area (TPSA) is 97.8 Å². The van der Waals surface area contributed by atoms with E-state index in [-0.39, 0.29) is 5.91 Å². The van der Waals surface area contributed by atoms with Gasteiger partial charge in [-0.15, -0.1) is 0 Å². The maximum atomic E-state index is 13.0. The molecule has 1 aliphatic rings. The van der Waals surface area contributed by atoms with E-state index in [0.717, 1.165) is 65.8 Å². The number of rotatable bonds is 10. The number of fused-ring (bicyclic) bond motifs is 1. The number of hydrogen-bond donors (Lipinski definition) is 2. The molecule has 212 valence electrons. The zero-order chi connectivity index (χ0) is 28.8. The summed E-state index contributed by atoms with van der Waals surface area (Å²) in [6.07, 6.45) is 2.64. The molecule has 1 aliphatic heterocycles. The zero-order valence-electron chi connectivity index (χ0n) is 23.9.